The average molecular weight is 394 g/mol. The van der Waals surface area contributed by atoms with Crippen molar-refractivity contribution in [1.29, 1.82) is 0 Å². The number of nitrogens with one attached hydrogen (secondary N) is 3. The van der Waals surface area contributed by atoms with Crippen LogP contribution in [0.3, 0.4) is 0 Å². The van der Waals surface area contributed by atoms with Gasteiger partial charge in [0.25, 0.3) is 0 Å². The minimum atomic E-state index is 0.737. The lowest BCUT2D eigenvalue weighted by Crippen LogP contribution is -2.37. The van der Waals surface area contributed by atoms with Gasteiger partial charge in [0.15, 0.2) is 0 Å². The van der Waals surface area contributed by atoms with Crippen LogP contribution in [0.5, 0.6) is 0 Å². The minimum Gasteiger partial charge on any atom is -0.379 e. The largest absolute Gasteiger partial charge is 0.379 e. The maximum Gasteiger partial charge on any atom is 0.121 e. The Balaban J connectivity index is 1.12. The first-order chi connectivity index (χ1) is 14.4. The normalized spacial score (nSPS) is 15.2. The van der Waals surface area contributed by atoms with Crippen LogP contribution in [0.4, 0.5) is 0 Å². The van der Waals surface area contributed by atoms with E-state index in [1.807, 2.05) is 18.2 Å². The van der Waals surface area contributed by atoms with Crippen LogP contribution in [0.25, 0.3) is 11.0 Å². The molecule has 1 aliphatic heterocycles. The Morgan fingerprint density at radius 3 is 2.38 bits per heavy atom. The number of fused-ring (bicyclic) bond motifs is 1. The zero-order valence-corrected chi connectivity index (χ0v) is 17.0. The lowest BCUT2D eigenvalue weighted by Gasteiger charge is -2.26. The quantitative estimate of drug-likeness (QED) is 0.462. The molecule has 0 atom stereocenters. The summed E-state index contributed by atoms with van der Waals surface area (Å²) in [6.45, 7) is 8.63. The molecule has 3 aromatic rings. The van der Waals surface area contributed by atoms with Crippen LogP contribution in [0.15, 0.2) is 48.5 Å². The van der Waals surface area contributed by atoms with Gasteiger partial charge in [0.1, 0.15) is 5.82 Å². The van der Waals surface area contributed by atoms with E-state index in [9.17, 15) is 0 Å². The van der Waals surface area contributed by atoms with Gasteiger partial charge in [-0.05, 0) is 42.8 Å². The number of benzene rings is 2. The number of rotatable bonds is 10. The van der Waals surface area contributed by atoms with Gasteiger partial charge in [-0.15, -0.1) is 0 Å². The van der Waals surface area contributed by atoms with Gasteiger partial charge in [-0.2, -0.15) is 0 Å². The Morgan fingerprint density at radius 2 is 1.62 bits per heavy atom. The fourth-order valence-electron chi connectivity index (χ4n) is 3.67. The van der Waals surface area contributed by atoms with E-state index < -0.39 is 0 Å². The number of imidazole rings is 1. The highest BCUT2D eigenvalue weighted by Crippen LogP contribution is 2.10. The molecule has 0 aliphatic carbocycles. The SMILES string of the molecule is c1ccc2[nH]c(CNCc3ccc(CNCCCN4CCOCC4)cc3)nc2c1. The van der Waals surface area contributed by atoms with Gasteiger partial charge in [-0.1, -0.05) is 36.4 Å². The molecule has 0 unspecified atom stereocenters. The summed E-state index contributed by atoms with van der Waals surface area (Å²) in [4.78, 5) is 10.4. The van der Waals surface area contributed by atoms with Crippen molar-refractivity contribution in [2.45, 2.75) is 26.1 Å². The lowest BCUT2D eigenvalue weighted by molar-refractivity contribution is 0.0374. The standard InChI is InChI=1S/C23H31N5O/c1-2-5-22-21(4-1)26-23(27-22)18-25-17-20-8-6-19(7-9-20)16-24-10-3-11-28-12-14-29-15-13-28/h1-2,4-9,24-25H,3,10-18H2,(H,26,27). The Bertz CT molecular complexity index is 837. The number of ether oxygens (including phenoxy) is 1. The molecule has 0 bridgehead atoms. The summed E-state index contributed by atoms with van der Waals surface area (Å²) >= 11 is 0. The van der Waals surface area contributed by atoms with Gasteiger partial charge in [-0.25, -0.2) is 4.98 Å². The van der Waals surface area contributed by atoms with Crippen molar-refractivity contribution in [2.75, 3.05) is 39.4 Å². The maximum absolute atomic E-state index is 5.39. The average Bonchev–Trinajstić information content (AvgIpc) is 3.18. The molecule has 2 aromatic carbocycles. The fraction of sp³-hybridized carbons (Fsp3) is 0.435. The van der Waals surface area contributed by atoms with Crippen molar-refractivity contribution >= 4 is 11.0 Å². The van der Waals surface area contributed by atoms with Gasteiger partial charge in [0.2, 0.25) is 0 Å². The molecule has 0 spiro atoms. The Kier molecular flexibility index (Phi) is 7.26. The number of hydrogen-bond acceptors (Lipinski definition) is 5. The van der Waals surface area contributed by atoms with Crippen LogP contribution in [-0.4, -0.2) is 54.3 Å². The summed E-state index contributed by atoms with van der Waals surface area (Å²) in [7, 11) is 0. The molecular formula is C23H31N5O. The summed E-state index contributed by atoms with van der Waals surface area (Å²) in [5.41, 5.74) is 4.73. The summed E-state index contributed by atoms with van der Waals surface area (Å²) in [6.07, 6.45) is 1.18. The monoisotopic (exact) mass is 393 g/mol. The van der Waals surface area contributed by atoms with Gasteiger partial charge in [0.05, 0.1) is 30.8 Å². The van der Waals surface area contributed by atoms with Crippen LogP contribution < -0.4 is 10.6 Å². The maximum atomic E-state index is 5.39. The third-order valence-corrected chi connectivity index (χ3v) is 5.34. The fourth-order valence-corrected chi connectivity index (χ4v) is 3.67. The van der Waals surface area contributed by atoms with E-state index in [1.54, 1.807) is 0 Å². The molecule has 0 saturated carbocycles. The molecule has 2 heterocycles. The number of H-pyrrole nitrogens is 1. The molecule has 0 amide bonds. The third-order valence-electron chi connectivity index (χ3n) is 5.34. The van der Waals surface area contributed by atoms with E-state index in [2.05, 4.69) is 55.8 Å². The predicted octanol–water partition coefficient (Wildman–Crippen LogP) is 2.66. The molecule has 0 radical (unpaired) electrons. The van der Waals surface area contributed by atoms with Crippen LogP contribution in [0.2, 0.25) is 0 Å². The second kappa shape index (κ2) is 10.5. The van der Waals surface area contributed by atoms with E-state index in [4.69, 9.17) is 4.74 Å². The first kappa shape index (κ1) is 20.0. The predicted molar refractivity (Wildman–Crippen MR) is 117 cm³/mol. The van der Waals surface area contributed by atoms with Gasteiger partial charge < -0.3 is 20.4 Å². The number of para-hydroxylation sites is 2. The van der Waals surface area contributed by atoms with Crippen LogP contribution in [0.1, 0.15) is 23.4 Å². The highest BCUT2D eigenvalue weighted by molar-refractivity contribution is 5.74. The van der Waals surface area contributed by atoms with Crippen LogP contribution >= 0.6 is 0 Å². The zero-order chi connectivity index (χ0) is 19.7. The molecule has 154 valence electrons. The topological polar surface area (TPSA) is 65.2 Å². The van der Waals surface area contributed by atoms with Crippen molar-refractivity contribution in [3.05, 3.63) is 65.5 Å². The number of nitrogens with zero attached hydrogens (tertiary/aromatic N) is 2. The van der Waals surface area contributed by atoms with Gasteiger partial charge in [0, 0.05) is 26.2 Å². The number of aromatic nitrogens is 2. The smallest absolute Gasteiger partial charge is 0.121 e. The summed E-state index contributed by atoms with van der Waals surface area (Å²) in [5, 5.41) is 7.02. The number of morpholine rings is 1. The summed E-state index contributed by atoms with van der Waals surface area (Å²) in [5.74, 6) is 0.976. The third kappa shape index (κ3) is 6.11. The molecule has 1 saturated heterocycles. The van der Waals surface area contributed by atoms with Crippen LogP contribution in [-0.2, 0) is 24.4 Å². The molecular weight excluding hydrogens is 362 g/mol. The van der Waals surface area contributed by atoms with E-state index in [1.165, 1.54) is 17.5 Å². The van der Waals surface area contributed by atoms with Gasteiger partial charge in [-0.3, -0.25) is 4.90 Å². The molecule has 3 N–H and O–H groups in total. The molecule has 1 aromatic heterocycles. The Morgan fingerprint density at radius 1 is 0.897 bits per heavy atom. The highest BCUT2D eigenvalue weighted by atomic mass is 16.5. The first-order valence-electron chi connectivity index (χ1n) is 10.6. The summed E-state index contributed by atoms with van der Waals surface area (Å²) in [6, 6.07) is 17.0. The molecule has 6 nitrogen and oxygen atoms in total. The summed E-state index contributed by atoms with van der Waals surface area (Å²) < 4.78 is 5.39. The second-order valence-electron chi connectivity index (χ2n) is 7.61. The lowest BCUT2D eigenvalue weighted by atomic mass is 10.1. The molecule has 1 aliphatic rings. The van der Waals surface area contributed by atoms with Crippen molar-refractivity contribution in [3.63, 3.8) is 0 Å². The molecule has 29 heavy (non-hydrogen) atoms. The first-order valence-corrected chi connectivity index (χ1v) is 10.6. The Labute approximate surface area is 172 Å². The van der Waals surface area contributed by atoms with Gasteiger partial charge >= 0.3 is 0 Å². The Hall–Kier alpha value is -2.25. The van der Waals surface area contributed by atoms with E-state index in [-0.39, 0.29) is 0 Å². The zero-order valence-electron chi connectivity index (χ0n) is 17.0. The van der Waals surface area contributed by atoms with E-state index in [0.717, 1.165) is 75.9 Å². The molecule has 6 heteroatoms. The second-order valence-corrected chi connectivity index (χ2v) is 7.61. The number of hydrogen-bond donors (Lipinski definition) is 3. The molecule has 4 rings (SSSR count). The van der Waals surface area contributed by atoms with E-state index >= 15 is 0 Å². The van der Waals surface area contributed by atoms with E-state index in [0.29, 0.717) is 0 Å². The van der Waals surface area contributed by atoms with Crippen molar-refractivity contribution in [3.8, 4) is 0 Å². The minimum absolute atomic E-state index is 0.737. The van der Waals surface area contributed by atoms with Crippen molar-refractivity contribution in [1.82, 2.24) is 25.5 Å². The number of aromatic amines is 1. The van der Waals surface area contributed by atoms with Crippen molar-refractivity contribution < 1.29 is 4.74 Å². The van der Waals surface area contributed by atoms with Crippen molar-refractivity contribution in [2.24, 2.45) is 0 Å². The van der Waals surface area contributed by atoms with Crippen LogP contribution in [0, 0.1) is 0 Å². The highest BCUT2D eigenvalue weighted by Gasteiger charge is 2.08. The molecule has 1 fully saturated rings.